The Morgan fingerprint density at radius 2 is 2.12 bits per heavy atom. The molecule has 1 heterocycles. The molecule has 140 valence electrons. The van der Waals surface area contributed by atoms with E-state index in [0.717, 1.165) is 43.4 Å². The van der Waals surface area contributed by atoms with Crippen molar-refractivity contribution in [3.05, 3.63) is 47.0 Å². The van der Waals surface area contributed by atoms with Gasteiger partial charge in [0.1, 0.15) is 11.5 Å². The second-order valence-corrected chi connectivity index (χ2v) is 7.34. The van der Waals surface area contributed by atoms with Crippen LogP contribution in [0.2, 0.25) is 0 Å². The molecule has 1 fully saturated rings. The zero-order valence-corrected chi connectivity index (χ0v) is 15.6. The van der Waals surface area contributed by atoms with Crippen LogP contribution in [0.25, 0.3) is 5.69 Å². The number of halogens is 2. The molecule has 1 amide bonds. The molecule has 0 saturated heterocycles. The summed E-state index contributed by atoms with van der Waals surface area (Å²) in [6.07, 6.45) is 4.75. The Morgan fingerprint density at radius 3 is 2.77 bits per heavy atom. The van der Waals surface area contributed by atoms with Gasteiger partial charge in [-0.15, -0.1) is 12.4 Å². The third-order valence-electron chi connectivity index (χ3n) is 5.53. The topological polar surface area (TPSA) is 72.9 Å². The monoisotopic (exact) mass is 378 g/mol. The predicted octanol–water partition coefficient (Wildman–Crippen LogP) is 2.78. The lowest BCUT2D eigenvalue weighted by Gasteiger charge is -2.29. The highest BCUT2D eigenvalue weighted by atomic mass is 35.5. The minimum absolute atomic E-state index is 0. The van der Waals surface area contributed by atoms with Gasteiger partial charge in [0.2, 0.25) is 0 Å². The van der Waals surface area contributed by atoms with Gasteiger partial charge in [-0.3, -0.25) is 4.79 Å². The van der Waals surface area contributed by atoms with E-state index in [2.05, 4.69) is 10.4 Å². The maximum atomic E-state index is 14.2. The van der Waals surface area contributed by atoms with Gasteiger partial charge in [0.25, 0.3) is 5.91 Å². The standard InChI is InChI=1S/C19H23FN4O.ClH/c1-19(11-21,12-9-10-12)22-18(25)17-13-5-4-8-15(13)24(23-17)16-7-3-2-6-14(16)20;/h2-3,6-7,12H,4-5,8-11,21H2,1H3,(H,22,25);1H. The van der Waals surface area contributed by atoms with Crippen molar-refractivity contribution < 1.29 is 9.18 Å². The summed E-state index contributed by atoms with van der Waals surface area (Å²) >= 11 is 0. The van der Waals surface area contributed by atoms with Crippen LogP contribution in [0.1, 0.15) is 47.9 Å². The number of hydrogen-bond donors (Lipinski definition) is 2. The smallest absolute Gasteiger partial charge is 0.272 e. The third kappa shape index (κ3) is 3.12. The summed E-state index contributed by atoms with van der Waals surface area (Å²) in [5, 5.41) is 7.58. The zero-order chi connectivity index (χ0) is 17.6. The highest BCUT2D eigenvalue weighted by Gasteiger charge is 2.42. The molecule has 2 aliphatic rings. The van der Waals surface area contributed by atoms with E-state index in [1.807, 2.05) is 6.92 Å². The Balaban J connectivity index is 0.00000196. The molecule has 1 aromatic carbocycles. The number of nitrogens with one attached hydrogen (secondary N) is 1. The number of aromatic nitrogens is 2. The van der Waals surface area contributed by atoms with Gasteiger partial charge in [0.15, 0.2) is 5.69 Å². The molecule has 2 aromatic rings. The molecular weight excluding hydrogens is 355 g/mol. The van der Waals surface area contributed by atoms with Crippen molar-refractivity contribution in [2.45, 2.75) is 44.6 Å². The van der Waals surface area contributed by atoms with Crippen molar-refractivity contribution in [3.63, 3.8) is 0 Å². The van der Waals surface area contributed by atoms with Crippen LogP contribution < -0.4 is 11.1 Å². The van der Waals surface area contributed by atoms with Gasteiger partial charge in [-0.2, -0.15) is 5.10 Å². The SMILES string of the molecule is CC(CN)(NC(=O)c1nn(-c2ccccc2F)c2c1CCC2)C1CC1.Cl. The molecule has 2 aliphatic carbocycles. The second kappa shape index (κ2) is 7.00. The Morgan fingerprint density at radius 1 is 1.38 bits per heavy atom. The first-order valence-corrected chi connectivity index (χ1v) is 8.92. The van der Waals surface area contributed by atoms with Crippen LogP contribution in [-0.2, 0) is 12.8 Å². The number of nitrogens with zero attached hydrogens (tertiary/aromatic N) is 2. The van der Waals surface area contributed by atoms with E-state index < -0.39 is 5.54 Å². The third-order valence-corrected chi connectivity index (χ3v) is 5.53. The molecule has 0 bridgehead atoms. The molecule has 1 aromatic heterocycles. The first-order chi connectivity index (χ1) is 12.0. The van der Waals surface area contributed by atoms with Crippen LogP contribution in [0.15, 0.2) is 24.3 Å². The number of carbonyl (C=O) groups excluding carboxylic acids is 1. The fraction of sp³-hybridized carbons (Fsp3) is 0.474. The lowest BCUT2D eigenvalue weighted by atomic mass is 9.95. The number of para-hydroxylation sites is 1. The molecule has 1 saturated carbocycles. The van der Waals surface area contributed by atoms with Crippen LogP contribution in [0.3, 0.4) is 0 Å². The Bertz CT molecular complexity index is 833. The Labute approximate surface area is 158 Å². The van der Waals surface area contributed by atoms with Crippen LogP contribution in [-0.4, -0.2) is 27.8 Å². The molecular formula is C19H24ClFN4O. The molecule has 4 rings (SSSR count). The number of carbonyl (C=O) groups is 1. The first-order valence-electron chi connectivity index (χ1n) is 8.92. The van der Waals surface area contributed by atoms with E-state index in [1.54, 1.807) is 22.9 Å². The zero-order valence-electron chi connectivity index (χ0n) is 14.8. The maximum absolute atomic E-state index is 14.2. The fourth-order valence-electron chi connectivity index (χ4n) is 3.80. The van der Waals surface area contributed by atoms with Crippen molar-refractivity contribution >= 4 is 18.3 Å². The van der Waals surface area contributed by atoms with E-state index in [-0.39, 0.29) is 24.1 Å². The van der Waals surface area contributed by atoms with Crippen molar-refractivity contribution in [2.24, 2.45) is 11.7 Å². The maximum Gasteiger partial charge on any atom is 0.272 e. The molecule has 3 N–H and O–H groups in total. The molecule has 1 atom stereocenters. The summed E-state index contributed by atoms with van der Waals surface area (Å²) in [4.78, 5) is 12.9. The molecule has 1 unspecified atom stereocenters. The number of benzene rings is 1. The largest absolute Gasteiger partial charge is 0.344 e. The van der Waals surface area contributed by atoms with Gasteiger partial charge in [-0.25, -0.2) is 9.07 Å². The van der Waals surface area contributed by atoms with Gasteiger partial charge in [0.05, 0.1) is 5.54 Å². The highest BCUT2D eigenvalue weighted by molar-refractivity contribution is 5.95. The van der Waals surface area contributed by atoms with Crippen LogP contribution in [0.5, 0.6) is 0 Å². The number of hydrogen-bond acceptors (Lipinski definition) is 3. The summed E-state index contributed by atoms with van der Waals surface area (Å²) in [6, 6.07) is 6.53. The predicted molar refractivity (Wildman–Crippen MR) is 100 cm³/mol. The van der Waals surface area contributed by atoms with Crippen molar-refractivity contribution in [1.82, 2.24) is 15.1 Å². The molecule has 0 spiro atoms. The Hall–Kier alpha value is -1.92. The summed E-state index contributed by atoms with van der Waals surface area (Å²) in [5.41, 5.74) is 8.20. The number of fused-ring (bicyclic) bond motifs is 1. The average Bonchev–Trinajstić information content (AvgIpc) is 3.25. The minimum atomic E-state index is -0.398. The molecule has 0 aliphatic heterocycles. The lowest BCUT2D eigenvalue weighted by molar-refractivity contribution is 0.0891. The minimum Gasteiger partial charge on any atom is -0.344 e. The van der Waals surface area contributed by atoms with Crippen molar-refractivity contribution in [3.8, 4) is 5.69 Å². The fourth-order valence-corrected chi connectivity index (χ4v) is 3.80. The van der Waals surface area contributed by atoms with Crippen LogP contribution in [0, 0.1) is 11.7 Å². The van der Waals surface area contributed by atoms with Crippen molar-refractivity contribution in [1.29, 1.82) is 0 Å². The van der Waals surface area contributed by atoms with Gasteiger partial charge >= 0.3 is 0 Å². The van der Waals surface area contributed by atoms with E-state index >= 15 is 0 Å². The van der Waals surface area contributed by atoms with E-state index in [9.17, 15) is 9.18 Å². The van der Waals surface area contributed by atoms with Gasteiger partial charge in [0, 0.05) is 17.8 Å². The normalized spacial score (nSPS) is 18.0. The number of rotatable bonds is 5. The first kappa shape index (κ1) is 18.9. The average molecular weight is 379 g/mol. The second-order valence-electron chi connectivity index (χ2n) is 7.34. The number of nitrogens with two attached hydrogens (primary N) is 1. The Kier molecular flexibility index (Phi) is 5.08. The van der Waals surface area contributed by atoms with E-state index in [0.29, 0.717) is 23.8 Å². The van der Waals surface area contributed by atoms with Gasteiger partial charge in [-0.05, 0) is 57.1 Å². The molecule has 5 nitrogen and oxygen atoms in total. The summed E-state index contributed by atoms with van der Waals surface area (Å²) in [6.45, 7) is 2.40. The van der Waals surface area contributed by atoms with Crippen LogP contribution >= 0.6 is 12.4 Å². The van der Waals surface area contributed by atoms with Crippen LogP contribution in [0.4, 0.5) is 4.39 Å². The van der Waals surface area contributed by atoms with Gasteiger partial charge < -0.3 is 11.1 Å². The summed E-state index contributed by atoms with van der Waals surface area (Å²) in [5.74, 6) is -0.104. The lowest BCUT2D eigenvalue weighted by Crippen LogP contribution is -2.53. The molecule has 26 heavy (non-hydrogen) atoms. The summed E-state index contributed by atoms with van der Waals surface area (Å²) in [7, 11) is 0. The highest BCUT2D eigenvalue weighted by Crippen LogP contribution is 2.39. The quantitative estimate of drug-likeness (QED) is 0.840. The molecule has 7 heteroatoms. The number of amides is 1. The summed E-state index contributed by atoms with van der Waals surface area (Å²) < 4.78 is 15.8. The van der Waals surface area contributed by atoms with E-state index in [1.165, 1.54) is 6.07 Å². The van der Waals surface area contributed by atoms with Gasteiger partial charge in [-0.1, -0.05) is 12.1 Å². The van der Waals surface area contributed by atoms with E-state index in [4.69, 9.17) is 5.73 Å². The molecule has 0 radical (unpaired) electrons. The van der Waals surface area contributed by atoms with Crippen molar-refractivity contribution in [2.75, 3.05) is 6.54 Å².